The molecule has 0 radical (unpaired) electrons. The van der Waals surface area contributed by atoms with Crippen LogP contribution in [0.3, 0.4) is 0 Å². The fraction of sp³-hybridized carbons (Fsp3) is 0.500. The third-order valence-electron chi connectivity index (χ3n) is 2.79. The van der Waals surface area contributed by atoms with E-state index in [0.29, 0.717) is 6.54 Å². The van der Waals surface area contributed by atoms with Crippen LogP contribution in [0.25, 0.3) is 0 Å². The average molecular weight is 265 g/mol. The standard InChI is InChI=1S/C14H23N3O2/c1-4-9-15-14(19)16-10-13(18)11-5-7-12(8-6-11)17(2)3/h5-8,13,18H,4,9-10H2,1-3H3,(H2,15,16,19). The molecule has 0 aliphatic heterocycles. The van der Waals surface area contributed by atoms with Crippen LogP contribution in [0.15, 0.2) is 24.3 Å². The molecule has 1 rings (SSSR count). The Bertz CT molecular complexity index is 390. The number of carbonyl (C=O) groups excluding carboxylic acids is 1. The lowest BCUT2D eigenvalue weighted by atomic mass is 10.1. The Balaban J connectivity index is 2.44. The van der Waals surface area contributed by atoms with Crippen molar-refractivity contribution < 1.29 is 9.90 Å². The molecule has 5 nitrogen and oxygen atoms in total. The third kappa shape index (κ3) is 5.18. The summed E-state index contributed by atoms with van der Waals surface area (Å²) in [5, 5.41) is 15.3. The molecule has 0 aliphatic rings. The van der Waals surface area contributed by atoms with Crippen LogP contribution in [0.4, 0.5) is 10.5 Å². The highest BCUT2D eigenvalue weighted by molar-refractivity contribution is 5.73. The minimum atomic E-state index is -0.691. The van der Waals surface area contributed by atoms with Gasteiger partial charge in [0.05, 0.1) is 6.10 Å². The first-order valence-corrected chi connectivity index (χ1v) is 6.51. The molecule has 1 unspecified atom stereocenters. The Morgan fingerprint density at radius 1 is 1.26 bits per heavy atom. The highest BCUT2D eigenvalue weighted by Crippen LogP contribution is 2.17. The zero-order chi connectivity index (χ0) is 14.3. The molecule has 3 N–H and O–H groups in total. The van der Waals surface area contributed by atoms with Crippen molar-refractivity contribution in [1.82, 2.24) is 10.6 Å². The van der Waals surface area contributed by atoms with Gasteiger partial charge in [-0.3, -0.25) is 0 Å². The molecule has 5 heteroatoms. The third-order valence-corrected chi connectivity index (χ3v) is 2.79. The molecule has 0 heterocycles. The van der Waals surface area contributed by atoms with Crippen LogP contribution >= 0.6 is 0 Å². The number of nitrogens with zero attached hydrogens (tertiary/aromatic N) is 1. The first kappa shape index (κ1) is 15.3. The second kappa shape index (κ2) is 7.63. The summed E-state index contributed by atoms with van der Waals surface area (Å²) in [6.45, 7) is 2.83. The van der Waals surface area contributed by atoms with E-state index in [4.69, 9.17) is 0 Å². The smallest absolute Gasteiger partial charge is 0.314 e. The number of rotatable bonds is 6. The van der Waals surface area contributed by atoms with Gasteiger partial charge >= 0.3 is 6.03 Å². The fourth-order valence-corrected chi connectivity index (χ4v) is 1.60. The molecule has 0 saturated heterocycles. The van der Waals surface area contributed by atoms with E-state index in [0.717, 1.165) is 17.7 Å². The van der Waals surface area contributed by atoms with Gasteiger partial charge in [0.25, 0.3) is 0 Å². The van der Waals surface area contributed by atoms with Gasteiger partial charge < -0.3 is 20.6 Å². The number of aliphatic hydroxyl groups excluding tert-OH is 1. The van der Waals surface area contributed by atoms with Crippen LogP contribution in [0.1, 0.15) is 25.0 Å². The largest absolute Gasteiger partial charge is 0.387 e. The van der Waals surface area contributed by atoms with Gasteiger partial charge in [-0.25, -0.2) is 4.79 Å². The van der Waals surface area contributed by atoms with Crippen LogP contribution in [0.5, 0.6) is 0 Å². The molecule has 0 fully saturated rings. The minimum Gasteiger partial charge on any atom is -0.387 e. The molecule has 0 spiro atoms. The number of hydrogen-bond acceptors (Lipinski definition) is 3. The van der Waals surface area contributed by atoms with Crippen molar-refractivity contribution in [3.63, 3.8) is 0 Å². The van der Waals surface area contributed by atoms with Crippen molar-refractivity contribution in [1.29, 1.82) is 0 Å². The monoisotopic (exact) mass is 265 g/mol. The molecule has 19 heavy (non-hydrogen) atoms. The molecule has 0 aromatic heterocycles. The first-order chi connectivity index (χ1) is 9.04. The number of hydrogen-bond donors (Lipinski definition) is 3. The van der Waals surface area contributed by atoms with Gasteiger partial charge in [-0.15, -0.1) is 0 Å². The molecule has 1 aromatic rings. The Kier molecular flexibility index (Phi) is 6.15. The second-order valence-electron chi connectivity index (χ2n) is 4.64. The number of anilines is 1. The molecule has 2 amide bonds. The van der Waals surface area contributed by atoms with Crippen LogP contribution in [0.2, 0.25) is 0 Å². The maximum absolute atomic E-state index is 11.3. The maximum atomic E-state index is 11.3. The summed E-state index contributed by atoms with van der Waals surface area (Å²) in [6.07, 6.45) is 0.200. The number of urea groups is 1. The maximum Gasteiger partial charge on any atom is 0.314 e. The second-order valence-corrected chi connectivity index (χ2v) is 4.64. The van der Waals surface area contributed by atoms with Gasteiger partial charge in [-0.1, -0.05) is 19.1 Å². The highest BCUT2D eigenvalue weighted by atomic mass is 16.3. The van der Waals surface area contributed by atoms with Gasteiger partial charge in [0.1, 0.15) is 0 Å². The predicted molar refractivity (Wildman–Crippen MR) is 77.4 cm³/mol. The van der Waals surface area contributed by atoms with E-state index < -0.39 is 6.10 Å². The van der Waals surface area contributed by atoms with Gasteiger partial charge in [-0.2, -0.15) is 0 Å². The summed E-state index contributed by atoms with van der Waals surface area (Å²) in [7, 11) is 3.93. The van der Waals surface area contributed by atoms with E-state index in [9.17, 15) is 9.90 Å². The Morgan fingerprint density at radius 3 is 2.42 bits per heavy atom. The van der Waals surface area contributed by atoms with Crippen molar-refractivity contribution in [2.45, 2.75) is 19.4 Å². The molecule has 0 bridgehead atoms. The zero-order valence-corrected chi connectivity index (χ0v) is 11.8. The van der Waals surface area contributed by atoms with Crippen LogP contribution in [-0.4, -0.2) is 38.3 Å². The lowest BCUT2D eigenvalue weighted by molar-refractivity contribution is 0.173. The number of amides is 2. The van der Waals surface area contributed by atoms with Crippen molar-refractivity contribution in [3.05, 3.63) is 29.8 Å². The van der Waals surface area contributed by atoms with Crippen LogP contribution in [-0.2, 0) is 0 Å². The van der Waals surface area contributed by atoms with Gasteiger partial charge in [0, 0.05) is 32.9 Å². The van der Waals surface area contributed by atoms with Gasteiger partial charge in [0.2, 0.25) is 0 Å². The topological polar surface area (TPSA) is 64.6 Å². The minimum absolute atomic E-state index is 0.205. The normalized spacial score (nSPS) is 11.8. The summed E-state index contributed by atoms with van der Waals surface area (Å²) < 4.78 is 0. The molecule has 0 aliphatic carbocycles. The zero-order valence-electron chi connectivity index (χ0n) is 11.8. The van der Waals surface area contributed by atoms with Crippen molar-refractivity contribution in [3.8, 4) is 0 Å². The lowest BCUT2D eigenvalue weighted by Crippen LogP contribution is -2.38. The van der Waals surface area contributed by atoms with Crippen LogP contribution in [0, 0.1) is 0 Å². The van der Waals surface area contributed by atoms with E-state index in [2.05, 4.69) is 10.6 Å². The fourth-order valence-electron chi connectivity index (χ4n) is 1.60. The van der Waals surface area contributed by atoms with Crippen molar-refractivity contribution >= 4 is 11.7 Å². The Hall–Kier alpha value is -1.75. The molecular weight excluding hydrogens is 242 g/mol. The SMILES string of the molecule is CCCNC(=O)NCC(O)c1ccc(N(C)C)cc1. The highest BCUT2D eigenvalue weighted by Gasteiger charge is 2.09. The summed E-state index contributed by atoms with van der Waals surface area (Å²) in [6, 6.07) is 7.37. The molecule has 106 valence electrons. The molecular formula is C14H23N3O2. The average Bonchev–Trinajstić information content (AvgIpc) is 2.42. The van der Waals surface area contributed by atoms with Gasteiger partial charge in [0.15, 0.2) is 0 Å². The number of benzene rings is 1. The lowest BCUT2D eigenvalue weighted by Gasteiger charge is -2.16. The van der Waals surface area contributed by atoms with Crippen LogP contribution < -0.4 is 15.5 Å². The van der Waals surface area contributed by atoms with E-state index in [1.165, 1.54) is 0 Å². The van der Waals surface area contributed by atoms with Crippen molar-refractivity contribution in [2.24, 2.45) is 0 Å². The van der Waals surface area contributed by atoms with Crippen molar-refractivity contribution in [2.75, 3.05) is 32.1 Å². The predicted octanol–water partition coefficient (Wildman–Crippen LogP) is 1.50. The summed E-state index contributed by atoms with van der Waals surface area (Å²) in [5.74, 6) is 0. The molecule has 1 aromatic carbocycles. The number of nitrogens with one attached hydrogen (secondary N) is 2. The summed E-state index contributed by atoms with van der Waals surface area (Å²) in [5.41, 5.74) is 1.87. The summed E-state index contributed by atoms with van der Waals surface area (Å²) >= 11 is 0. The molecule has 0 saturated carbocycles. The Morgan fingerprint density at radius 2 is 1.89 bits per heavy atom. The summed E-state index contributed by atoms with van der Waals surface area (Å²) in [4.78, 5) is 13.3. The molecule has 1 atom stereocenters. The van der Waals surface area contributed by atoms with E-state index in [1.54, 1.807) is 0 Å². The number of aliphatic hydroxyl groups is 1. The Labute approximate surface area is 114 Å². The number of carbonyl (C=O) groups is 1. The van der Waals surface area contributed by atoms with E-state index in [1.807, 2.05) is 50.2 Å². The van der Waals surface area contributed by atoms with E-state index in [-0.39, 0.29) is 12.6 Å². The quantitative estimate of drug-likeness (QED) is 0.730. The van der Waals surface area contributed by atoms with E-state index >= 15 is 0 Å². The first-order valence-electron chi connectivity index (χ1n) is 6.51. The van der Waals surface area contributed by atoms with Gasteiger partial charge in [-0.05, 0) is 24.1 Å².